The maximum atomic E-state index is 11.2. The number of halogens is 1. The van der Waals surface area contributed by atoms with Crippen molar-refractivity contribution < 1.29 is 9.59 Å². The molecule has 0 saturated heterocycles. The fraction of sp³-hybridized carbons (Fsp3) is 0.111. The van der Waals surface area contributed by atoms with Crippen molar-refractivity contribution >= 4 is 23.4 Å². The Labute approximate surface area is 79.7 Å². The van der Waals surface area contributed by atoms with Crippen LogP contribution in [0.15, 0.2) is 18.2 Å². The zero-order valence-corrected chi connectivity index (χ0v) is 7.39. The average molecular weight is 196 g/mol. The molecule has 2 rings (SSSR count). The van der Waals surface area contributed by atoms with Crippen LogP contribution in [-0.4, -0.2) is 11.8 Å². The second kappa shape index (κ2) is 2.85. The maximum Gasteiger partial charge on any atom is 0.258 e. The molecule has 3 nitrogen and oxygen atoms in total. The molecule has 0 aliphatic carbocycles. The highest BCUT2D eigenvalue weighted by atomic mass is 35.5. The molecular weight excluding hydrogens is 190 g/mol. The van der Waals surface area contributed by atoms with Crippen LogP contribution < -0.4 is 5.32 Å². The van der Waals surface area contributed by atoms with Crippen LogP contribution >= 0.6 is 11.6 Å². The lowest BCUT2D eigenvalue weighted by atomic mass is 10.0. The molecule has 1 aliphatic rings. The highest BCUT2D eigenvalue weighted by molar-refractivity contribution is 6.31. The Morgan fingerprint density at radius 2 is 2.08 bits per heavy atom. The molecule has 2 amide bonds. The molecule has 1 aromatic carbocycles. The van der Waals surface area contributed by atoms with Crippen molar-refractivity contribution in [3.63, 3.8) is 0 Å². The summed E-state index contributed by atoms with van der Waals surface area (Å²) < 4.78 is 0. The molecule has 0 spiro atoms. The van der Waals surface area contributed by atoms with Crippen molar-refractivity contribution in [3.8, 4) is 0 Å². The number of nitrogens with one attached hydrogen (secondary N) is 1. The number of rotatable bonds is 0. The molecule has 0 unspecified atom stereocenters. The van der Waals surface area contributed by atoms with Crippen LogP contribution in [0.1, 0.15) is 15.9 Å². The molecule has 0 bridgehead atoms. The van der Waals surface area contributed by atoms with E-state index in [1.165, 1.54) is 0 Å². The first-order chi connectivity index (χ1) is 6.16. The number of fused-ring (bicyclic) bond motifs is 1. The highest BCUT2D eigenvalue weighted by Crippen LogP contribution is 2.19. The van der Waals surface area contributed by atoms with Crippen LogP contribution in [0.3, 0.4) is 0 Å². The number of imide groups is 1. The Morgan fingerprint density at radius 3 is 2.85 bits per heavy atom. The van der Waals surface area contributed by atoms with Gasteiger partial charge in [0.05, 0.1) is 6.42 Å². The minimum absolute atomic E-state index is 0.224. The van der Waals surface area contributed by atoms with E-state index in [0.29, 0.717) is 16.1 Å². The molecule has 13 heavy (non-hydrogen) atoms. The van der Waals surface area contributed by atoms with E-state index in [1.54, 1.807) is 18.2 Å². The molecule has 0 saturated carbocycles. The number of carbonyl (C=O) groups excluding carboxylic acids is 2. The van der Waals surface area contributed by atoms with Gasteiger partial charge in [0.15, 0.2) is 0 Å². The van der Waals surface area contributed by atoms with Crippen molar-refractivity contribution in [3.05, 3.63) is 34.3 Å². The summed E-state index contributed by atoms with van der Waals surface area (Å²) in [5.74, 6) is -0.623. The number of hydrogen-bond acceptors (Lipinski definition) is 2. The minimum atomic E-state index is -0.345. The van der Waals surface area contributed by atoms with E-state index >= 15 is 0 Å². The molecule has 1 N–H and O–H groups in total. The lowest BCUT2D eigenvalue weighted by Crippen LogP contribution is -2.37. The average Bonchev–Trinajstić information content (AvgIpc) is 2.02. The van der Waals surface area contributed by atoms with Gasteiger partial charge in [-0.05, 0) is 23.8 Å². The van der Waals surface area contributed by atoms with Crippen molar-refractivity contribution in [1.29, 1.82) is 0 Å². The van der Waals surface area contributed by atoms with E-state index in [1.807, 2.05) is 0 Å². The maximum absolute atomic E-state index is 11.2. The molecule has 0 aromatic heterocycles. The highest BCUT2D eigenvalue weighted by Gasteiger charge is 2.21. The van der Waals surface area contributed by atoms with E-state index in [9.17, 15) is 9.59 Å². The third-order valence-electron chi connectivity index (χ3n) is 1.92. The summed E-state index contributed by atoms with van der Waals surface area (Å²) in [6.07, 6.45) is 0.224. The largest absolute Gasteiger partial charge is 0.292 e. The first kappa shape index (κ1) is 8.26. The van der Waals surface area contributed by atoms with Crippen molar-refractivity contribution in [2.75, 3.05) is 0 Å². The Bertz CT molecular complexity index is 401. The Balaban J connectivity index is 2.55. The topological polar surface area (TPSA) is 46.2 Å². The molecule has 66 valence electrons. The Hall–Kier alpha value is -1.35. The van der Waals surface area contributed by atoms with Gasteiger partial charge in [-0.15, -0.1) is 0 Å². The molecule has 1 aliphatic heterocycles. The van der Waals surface area contributed by atoms with Crippen LogP contribution in [0.4, 0.5) is 0 Å². The summed E-state index contributed by atoms with van der Waals surface area (Å²) in [6, 6.07) is 4.91. The quantitative estimate of drug-likeness (QED) is 0.632. The van der Waals surface area contributed by atoms with Crippen LogP contribution in [-0.2, 0) is 11.2 Å². The van der Waals surface area contributed by atoms with E-state index in [2.05, 4.69) is 5.32 Å². The smallest absolute Gasteiger partial charge is 0.258 e. The normalized spacial score (nSPS) is 15.2. The first-order valence-electron chi connectivity index (χ1n) is 3.79. The third kappa shape index (κ3) is 1.42. The summed E-state index contributed by atoms with van der Waals surface area (Å²) in [5.41, 5.74) is 1.23. The van der Waals surface area contributed by atoms with E-state index in [-0.39, 0.29) is 18.2 Å². The molecule has 0 atom stereocenters. The van der Waals surface area contributed by atoms with Crippen LogP contribution in [0.2, 0.25) is 5.02 Å². The summed E-state index contributed by atoms with van der Waals surface area (Å²) >= 11 is 5.73. The van der Waals surface area contributed by atoms with Gasteiger partial charge < -0.3 is 0 Å². The zero-order valence-electron chi connectivity index (χ0n) is 6.63. The fourth-order valence-electron chi connectivity index (χ4n) is 1.34. The SMILES string of the molecule is O=C1Cc2cc(Cl)ccc2C(=O)N1. The van der Waals surface area contributed by atoms with E-state index in [4.69, 9.17) is 11.6 Å². The van der Waals surface area contributed by atoms with Gasteiger partial charge in [-0.3, -0.25) is 14.9 Å². The summed E-state index contributed by atoms with van der Waals surface area (Å²) in [5, 5.41) is 2.78. The van der Waals surface area contributed by atoms with Gasteiger partial charge in [-0.1, -0.05) is 11.6 Å². The predicted molar refractivity (Wildman–Crippen MR) is 47.6 cm³/mol. The van der Waals surface area contributed by atoms with Gasteiger partial charge in [0.1, 0.15) is 0 Å². The summed E-state index contributed by atoms with van der Waals surface area (Å²) in [7, 11) is 0. The Kier molecular flexibility index (Phi) is 1.81. The number of benzene rings is 1. The first-order valence-corrected chi connectivity index (χ1v) is 4.17. The summed E-state index contributed by atoms with van der Waals surface area (Å²) in [4.78, 5) is 22.2. The van der Waals surface area contributed by atoms with Crippen LogP contribution in [0.5, 0.6) is 0 Å². The second-order valence-corrected chi connectivity index (χ2v) is 3.29. The summed E-state index contributed by atoms with van der Waals surface area (Å²) in [6.45, 7) is 0. The Morgan fingerprint density at radius 1 is 1.31 bits per heavy atom. The van der Waals surface area contributed by atoms with E-state index < -0.39 is 0 Å². The molecule has 0 fully saturated rings. The van der Waals surface area contributed by atoms with Crippen molar-refractivity contribution in [2.24, 2.45) is 0 Å². The van der Waals surface area contributed by atoms with Crippen molar-refractivity contribution in [2.45, 2.75) is 6.42 Å². The van der Waals surface area contributed by atoms with Crippen LogP contribution in [0.25, 0.3) is 0 Å². The molecule has 4 heteroatoms. The van der Waals surface area contributed by atoms with Gasteiger partial charge in [-0.25, -0.2) is 0 Å². The third-order valence-corrected chi connectivity index (χ3v) is 2.15. The number of carbonyl (C=O) groups is 2. The molecule has 0 radical (unpaired) electrons. The predicted octanol–water partition coefficient (Wildman–Crippen LogP) is 1.15. The monoisotopic (exact) mass is 195 g/mol. The van der Waals surface area contributed by atoms with Gasteiger partial charge in [0.2, 0.25) is 5.91 Å². The fourth-order valence-corrected chi connectivity index (χ4v) is 1.54. The van der Waals surface area contributed by atoms with Crippen LogP contribution in [0, 0.1) is 0 Å². The van der Waals surface area contributed by atoms with Gasteiger partial charge in [-0.2, -0.15) is 0 Å². The van der Waals surface area contributed by atoms with Gasteiger partial charge in [0.25, 0.3) is 5.91 Å². The van der Waals surface area contributed by atoms with Crippen molar-refractivity contribution in [1.82, 2.24) is 5.32 Å². The second-order valence-electron chi connectivity index (χ2n) is 2.86. The number of hydrogen-bond donors (Lipinski definition) is 1. The lowest BCUT2D eigenvalue weighted by Gasteiger charge is -2.14. The van der Waals surface area contributed by atoms with Gasteiger partial charge in [0, 0.05) is 10.6 Å². The molecule has 1 heterocycles. The van der Waals surface area contributed by atoms with E-state index in [0.717, 1.165) is 0 Å². The lowest BCUT2D eigenvalue weighted by molar-refractivity contribution is -0.119. The molecule has 1 aromatic rings. The van der Waals surface area contributed by atoms with Gasteiger partial charge >= 0.3 is 0 Å². The zero-order chi connectivity index (χ0) is 9.42. The standard InChI is InChI=1S/C9H6ClNO2/c10-6-1-2-7-5(3-6)4-8(12)11-9(7)13/h1-3H,4H2,(H,11,12,13). The number of amides is 2. The minimum Gasteiger partial charge on any atom is -0.292 e. The molecular formula is C9H6ClNO2.